The summed E-state index contributed by atoms with van der Waals surface area (Å²) in [6.07, 6.45) is 1.67. The molecule has 0 bridgehead atoms. The van der Waals surface area contributed by atoms with Crippen LogP contribution in [0.4, 0.5) is 0 Å². The van der Waals surface area contributed by atoms with Crippen LogP contribution in [0.1, 0.15) is 11.6 Å². The number of rotatable bonds is 6. The monoisotopic (exact) mass is 269 g/mol. The van der Waals surface area contributed by atoms with E-state index in [1.165, 1.54) is 14.2 Å². The highest BCUT2D eigenvalue weighted by atomic mass is 35.5. The van der Waals surface area contributed by atoms with Gasteiger partial charge in [-0.05, 0) is 17.7 Å². The molecule has 0 aromatic heterocycles. The van der Waals surface area contributed by atoms with E-state index >= 15 is 0 Å². The van der Waals surface area contributed by atoms with E-state index in [2.05, 4.69) is 11.9 Å². The molecule has 0 heterocycles. The van der Waals surface area contributed by atoms with E-state index in [1.54, 1.807) is 24.3 Å². The number of benzene rings is 1. The molecule has 1 unspecified atom stereocenters. The smallest absolute Gasteiger partial charge is 0.327 e. The zero-order valence-corrected chi connectivity index (χ0v) is 11.2. The van der Waals surface area contributed by atoms with Crippen LogP contribution < -0.4 is 10.1 Å². The Morgan fingerprint density at radius 3 is 2.78 bits per heavy atom. The number of ether oxygens (including phenoxy) is 2. The van der Waals surface area contributed by atoms with Crippen LogP contribution in [0.2, 0.25) is 5.02 Å². The van der Waals surface area contributed by atoms with Gasteiger partial charge in [0.05, 0.1) is 19.2 Å². The minimum absolute atomic E-state index is 0.377. The maximum Gasteiger partial charge on any atom is 0.327 e. The van der Waals surface area contributed by atoms with Crippen molar-refractivity contribution in [1.82, 2.24) is 5.32 Å². The third-order valence-electron chi connectivity index (χ3n) is 2.41. The van der Waals surface area contributed by atoms with E-state index in [9.17, 15) is 4.79 Å². The van der Waals surface area contributed by atoms with E-state index in [0.29, 0.717) is 17.3 Å². The summed E-state index contributed by atoms with van der Waals surface area (Å²) in [5.41, 5.74) is 0.717. The molecule has 98 valence electrons. The zero-order valence-electron chi connectivity index (χ0n) is 10.4. The molecule has 5 heteroatoms. The minimum Gasteiger partial charge on any atom is -0.495 e. The van der Waals surface area contributed by atoms with Gasteiger partial charge in [0.15, 0.2) is 0 Å². The molecule has 1 N–H and O–H groups in total. The van der Waals surface area contributed by atoms with Gasteiger partial charge in [-0.15, -0.1) is 6.58 Å². The molecule has 0 fully saturated rings. The zero-order chi connectivity index (χ0) is 13.5. The summed E-state index contributed by atoms with van der Waals surface area (Å²) in [6, 6.07) is 4.58. The standard InChI is InChI=1S/C13H16ClNO3/c1-4-7-15-12(13(16)18-3)9-5-6-11(17-2)10(14)8-9/h4-6,8,12,15H,1,7H2,2-3H3. The first-order valence-corrected chi connectivity index (χ1v) is 5.77. The van der Waals surface area contributed by atoms with Crippen LogP contribution in [0.25, 0.3) is 0 Å². The minimum atomic E-state index is -0.573. The summed E-state index contributed by atoms with van der Waals surface area (Å²) in [5, 5.41) is 3.46. The van der Waals surface area contributed by atoms with Gasteiger partial charge in [0, 0.05) is 6.54 Å². The summed E-state index contributed by atoms with van der Waals surface area (Å²) in [5.74, 6) is 0.186. The average Bonchev–Trinajstić information content (AvgIpc) is 2.39. The normalized spacial score (nSPS) is 11.7. The van der Waals surface area contributed by atoms with Crippen molar-refractivity contribution in [2.45, 2.75) is 6.04 Å². The molecule has 0 spiro atoms. The van der Waals surface area contributed by atoms with Gasteiger partial charge >= 0.3 is 5.97 Å². The lowest BCUT2D eigenvalue weighted by Gasteiger charge is -2.16. The first-order chi connectivity index (χ1) is 8.63. The molecule has 1 rings (SSSR count). The van der Waals surface area contributed by atoms with E-state index in [1.807, 2.05) is 0 Å². The molecule has 0 aliphatic rings. The highest BCUT2D eigenvalue weighted by molar-refractivity contribution is 6.32. The van der Waals surface area contributed by atoms with Crippen molar-refractivity contribution in [2.75, 3.05) is 20.8 Å². The van der Waals surface area contributed by atoms with E-state index in [4.69, 9.17) is 21.1 Å². The second-order valence-electron chi connectivity index (χ2n) is 3.55. The molecule has 18 heavy (non-hydrogen) atoms. The van der Waals surface area contributed by atoms with Crippen LogP contribution in [-0.4, -0.2) is 26.7 Å². The lowest BCUT2D eigenvalue weighted by atomic mass is 10.1. The number of carbonyl (C=O) groups excluding carboxylic acids is 1. The number of hydrogen-bond donors (Lipinski definition) is 1. The van der Waals surface area contributed by atoms with Gasteiger partial charge in [-0.2, -0.15) is 0 Å². The molecule has 0 saturated carbocycles. The molecule has 0 saturated heterocycles. The predicted molar refractivity (Wildman–Crippen MR) is 71.0 cm³/mol. The van der Waals surface area contributed by atoms with Crippen molar-refractivity contribution in [3.8, 4) is 5.75 Å². The van der Waals surface area contributed by atoms with Crippen molar-refractivity contribution in [3.05, 3.63) is 41.4 Å². The molecule has 4 nitrogen and oxygen atoms in total. The number of nitrogens with one attached hydrogen (secondary N) is 1. The number of methoxy groups -OCH3 is 2. The molecule has 0 radical (unpaired) electrons. The predicted octanol–water partition coefficient (Wildman–Crippen LogP) is 2.34. The SMILES string of the molecule is C=CCNC(C(=O)OC)c1ccc(OC)c(Cl)c1. The third kappa shape index (κ3) is 3.48. The average molecular weight is 270 g/mol. The highest BCUT2D eigenvalue weighted by Crippen LogP contribution is 2.28. The van der Waals surface area contributed by atoms with Crippen molar-refractivity contribution in [2.24, 2.45) is 0 Å². The Kier molecular flexibility index (Phi) is 5.68. The van der Waals surface area contributed by atoms with Crippen LogP contribution in [-0.2, 0) is 9.53 Å². The topological polar surface area (TPSA) is 47.6 Å². The van der Waals surface area contributed by atoms with Crippen LogP contribution in [0, 0.1) is 0 Å². The lowest BCUT2D eigenvalue weighted by molar-refractivity contribution is -0.143. The maximum absolute atomic E-state index is 11.7. The quantitative estimate of drug-likeness (QED) is 0.636. The lowest BCUT2D eigenvalue weighted by Crippen LogP contribution is -2.29. The molecule has 0 amide bonds. The summed E-state index contributed by atoms with van der Waals surface area (Å²) in [7, 11) is 2.88. The van der Waals surface area contributed by atoms with E-state index < -0.39 is 6.04 Å². The first-order valence-electron chi connectivity index (χ1n) is 5.39. The number of carbonyl (C=O) groups is 1. The Balaban J connectivity index is 3.00. The Morgan fingerprint density at radius 1 is 1.56 bits per heavy atom. The van der Waals surface area contributed by atoms with Gasteiger partial charge in [0.2, 0.25) is 0 Å². The summed E-state index contributed by atoms with van der Waals surface area (Å²) >= 11 is 6.03. The van der Waals surface area contributed by atoms with Gasteiger partial charge in [-0.3, -0.25) is 5.32 Å². The molecule has 1 aromatic carbocycles. The summed E-state index contributed by atoms with van der Waals surface area (Å²) in [6.45, 7) is 4.09. The molecule has 1 aromatic rings. The molecule has 1 atom stereocenters. The van der Waals surface area contributed by atoms with Gasteiger partial charge in [-0.1, -0.05) is 23.7 Å². The Hall–Kier alpha value is -1.52. The van der Waals surface area contributed by atoms with Crippen molar-refractivity contribution in [3.63, 3.8) is 0 Å². The van der Waals surface area contributed by atoms with Gasteiger partial charge in [0.1, 0.15) is 11.8 Å². The van der Waals surface area contributed by atoms with E-state index in [0.717, 1.165) is 5.56 Å². The van der Waals surface area contributed by atoms with Gasteiger partial charge in [0.25, 0.3) is 0 Å². The largest absolute Gasteiger partial charge is 0.495 e. The maximum atomic E-state index is 11.7. The van der Waals surface area contributed by atoms with Crippen LogP contribution in [0.3, 0.4) is 0 Å². The molecular formula is C13H16ClNO3. The van der Waals surface area contributed by atoms with E-state index in [-0.39, 0.29) is 5.97 Å². The number of halogens is 1. The van der Waals surface area contributed by atoms with Crippen LogP contribution in [0.15, 0.2) is 30.9 Å². The molecular weight excluding hydrogens is 254 g/mol. The van der Waals surface area contributed by atoms with Crippen LogP contribution in [0.5, 0.6) is 5.75 Å². The number of esters is 1. The fourth-order valence-corrected chi connectivity index (χ4v) is 1.78. The van der Waals surface area contributed by atoms with Gasteiger partial charge in [-0.25, -0.2) is 4.79 Å². The highest BCUT2D eigenvalue weighted by Gasteiger charge is 2.21. The van der Waals surface area contributed by atoms with Crippen molar-refractivity contribution in [1.29, 1.82) is 0 Å². The Labute approximate surface area is 112 Å². The fourth-order valence-electron chi connectivity index (χ4n) is 1.52. The number of hydrogen-bond acceptors (Lipinski definition) is 4. The van der Waals surface area contributed by atoms with Crippen LogP contribution >= 0.6 is 11.6 Å². The van der Waals surface area contributed by atoms with Gasteiger partial charge < -0.3 is 9.47 Å². The second-order valence-corrected chi connectivity index (χ2v) is 3.95. The Bertz CT molecular complexity index is 434. The van der Waals surface area contributed by atoms with Crippen molar-refractivity contribution < 1.29 is 14.3 Å². The molecule has 0 aliphatic heterocycles. The summed E-state index contributed by atoms with van der Waals surface area (Å²) in [4.78, 5) is 11.7. The third-order valence-corrected chi connectivity index (χ3v) is 2.71. The fraction of sp³-hybridized carbons (Fsp3) is 0.308. The van der Waals surface area contributed by atoms with Crippen molar-refractivity contribution >= 4 is 17.6 Å². The Morgan fingerprint density at radius 2 is 2.28 bits per heavy atom. The second kappa shape index (κ2) is 7.03. The first kappa shape index (κ1) is 14.5. The summed E-state index contributed by atoms with van der Waals surface area (Å²) < 4.78 is 9.81. The molecule has 0 aliphatic carbocycles.